The number of carbonyl (C=O) groups is 1. The first kappa shape index (κ1) is 9.45. The van der Waals surface area contributed by atoms with Gasteiger partial charge in [-0.3, -0.25) is 4.79 Å². The summed E-state index contributed by atoms with van der Waals surface area (Å²) < 4.78 is 17.1. The molecule has 1 N–H and O–H groups in total. The summed E-state index contributed by atoms with van der Waals surface area (Å²) in [6, 6.07) is -0.401. The highest BCUT2D eigenvalue weighted by atomic mass is 19.1. The van der Waals surface area contributed by atoms with Crippen LogP contribution in [0.2, 0.25) is 0 Å². The van der Waals surface area contributed by atoms with Crippen molar-refractivity contribution >= 4 is 5.91 Å². The van der Waals surface area contributed by atoms with Gasteiger partial charge in [0, 0.05) is 6.61 Å². The molecule has 1 aliphatic rings. The average molecular weight is 175 g/mol. The molecule has 1 rings (SSSR count). The third-order valence-corrected chi connectivity index (χ3v) is 1.84. The van der Waals surface area contributed by atoms with Gasteiger partial charge >= 0.3 is 0 Å². The number of alkyl halides is 1. The molecule has 1 heterocycles. The number of hydrogen-bond donors (Lipinski definition) is 1. The van der Waals surface area contributed by atoms with Crippen LogP contribution >= 0.6 is 0 Å². The van der Waals surface area contributed by atoms with Gasteiger partial charge in [0.25, 0.3) is 0 Å². The smallest absolute Gasteiger partial charge is 0.249 e. The van der Waals surface area contributed by atoms with Crippen LogP contribution < -0.4 is 5.32 Å². The van der Waals surface area contributed by atoms with E-state index in [0.29, 0.717) is 6.61 Å². The molecule has 0 radical (unpaired) electrons. The van der Waals surface area contributed by atoms with Crippen molar-refractivity contribution in [1.82, 2.24) is 5.32 Å². The summed E-state index contributed by atoms with van der Waals surface area (Å²) in [5.41, 5.74) is 0. The molecule has 0 aromatic carbocycles. The zero-order chi connectivity index (χ0) is 8.97. The van der Waals surface area contributed by atoms with E-state index in [-0.39, 0.29) is 12.0 Å². The number of hydrogen-bond acceptors (Lipinski definition) is 2. The molecule has 12 heavy (non-hydrogen) atoms. The van der Waals surface area contributed by atoms with E-state index < -0.39 is 12.7 Å². The van der Waals surface area contributed by atoms with E-state index in [9.17, 15) is 9.18 Å². The quantitative estimate of drug-likeness (QED) is 0.683. The van der Waals surface area contributed by atoms with Crippen molar-refractivity contribution in [1.29, 1.82) is 0 Å². The molecule has 2 atom stereocenters. The van der Waals surface area contributed by atoms with Crippen molar-refractivity contribution in [3.63, 3.8) is 0 Å². The molecule has 1 saturated heterocycles. The topological polar surface area (TPSA) is 38.3 Å². The van der Waals surface area contributed by atoms with Gasteiger partial charge < -0.3 is 10.1 Å². The summed E-state index contributed by atoms with van der Waals surface area (Å²) in [5, 5.41) is 2.53. The molecule has 0 saturated carbocycles. The van der Waals surface area contributed by atoms with Gasteiger partial charge in [-0.2, -0.15) is 0 Å². The van der Waals surface area contributed by atoms with Crippen molar-refractivity contribution in [3.8, 4) is 0 Å². The van der Waals surface area contributed by atoms with Crippen molar-refractivity contribution < 1.29 is 13.9 Å². The van der Waals surface area contributed by atoms with E-state index in [1.54, 1.807) is 6.92 Å². The summed E-state index contributed by atoms with van der Waals surface area (Å²) in [5.74, 6) is -0.183. The van der Waals surface area contributed by atoms with E-state index in [1.807, 2.05) is 0 Å². The Kier molecular flexibility index (Phi) is 3.47. The van der Waals surface area contributed by atoms with Crippen LogP contribution in [0.25, 0.3) is 0 Å². The van der Waals surface area contributed by atoms with Gasteiger partial charge in [0.1, 0.15) is 12.8 Å². The lowest BCUT2D eigenvalue weighted by Crippen LogP contribution is -2.40. The Morgan fingerprint density at radius 3 is 3.08 bits per heavy atom. The number of halogens is 1. The molecule has 0 bridgehead atoms. The first-order valence-electron chi connectivity index (χ1n) is 4.22. The molecule has 70 valence electrons. The number of ether oxygens (including phenoxy) is 1. The molecule has 4 heteroatoms. The highest BCUT2D eigenvalue weighted by Crippen LogP contribution is 2.11. The fourth-order valence-corrected chi connectivity index (χ4v) is 1.16. The van der Waals surface area contributed by atoms with Gasteiger partial charge in [0.05, 0.1) is 6.04 Å². The largest absolute Gasteiger partial charge is 0.368 e. The highest BCUT2D eigenvalue weighted by molar-refractivity contribution is 5.81. The molecular weight excluding hydrogens is 161 g/mol. The Hall–Kier alpha value is -0.640. The molecule has 3 nitrogen and oxygen atoms in total. The fraction of sp³-hybridized carbons (Fsp3) is 0.875. The summed E-state index contributed by atoms with van der Waals surface area (Å²) in [7, 11) is 0. The molecule has 0 aromatic rings. The normalized spacial score (nSPS) is 25.3. The van der Waals surface area contributed by atoms with E-state index in [4.69, 9.17) is 4.74 Å². The van der Waals surface area contributed by atoms with Crippen LogP contribution in [-0.2, 0) is 9.53 Å². The second-order valence-electron chi connectivity index (χ2n) is 3.07. The second-order valence-corrected chi connectivity index (χ2v) is 3.07. The zero-order valence-electron chi connectivity index (χ0n) is 7.18. The van der Waals surface area contributed by atoms with Crippen LogP contribution in [0, 0.1) is 0 Å². The number of nitrogens with one attached hydrogen (secondary N) is 1. The minimum Gasteiger partial charge on any atom is -0.368 e. The third kappa shape index (κ3) is 2.44. The van der Waals surface area contributed by atoms with Gasteiger partial charge in [0.15, 0.2) is 0 Å². The van der Waals surface area contributed by atoms with Crippen molar-refractivity contribution in [2.75, 3.05) is 13.3 Å². The predicted octanol–water partition coefficient (Wildman–Crippen LogP) is 0.640. The van der Waals surface area contributed by atoms with E-state index in [0.717, 1.165) is 12.8 Å². The monoisotopic (exact) mass is 175 g/mol. The summed E-state index contributed by atoms with van der Waals surface area (Å²) in [6.45, 7) is 1.74. The minimum absolute atomic E-state index is 0.183. The van der Waals surface area contributed by atoms with Crippen LogP contribution in [-0.4, -0.2) is 31.3 Å². The van der Waals surface area contributed by atoms with Crippen LogP contribution in [0.1, 0.15) is 19.8 Å². The fourth-order valence-electron chi connectivity index (χ4n) is 1.16. The van der Waals surface area contributed by atoms with Gasteiger partial charge in [-0.15, -0.1) is 0 Å². The van der Waals surface area contributed by atoms with Gasteiger partial charge in [-0.25, -0.2) is 4.39 Å². The molecule has 0 aliphatic carbocycles. The maximum atomic E-state index is 12.0. The third-order valence-electron chi connectivity index (χ3n) is 1.84. The van der Waals surface area contributed by atoms with Gasteiger partial charge in [-0.1, -0.05) is 0 Å². The lowest BCUT2D eigenvalue weighted by atomic mass is 10.2. The maximum Gasteiger partial charge on any atom is 0.249 e. The summed E-state index contributed by atoms with van der Waals surface area (Å²) in [4.78, 5) is 11.2. The Bertz CT molecular complexity index is 157. The molecule has 1 unspecified atom stereocenters. The lowest BCUT2D eigenvalue weighted by Gasteiger charge is -2.13. The Morgan fingerprint density at radius 2 is 2.58 bits per heavy atom. The first-order chi connectivity index (χ1) is 5.74. The highest BCUT2D eigenvalue weighted by Gasteiger charge is 2.24. The van der Waals surface area contributed by atoms with E-state index in [1.165, 1.54) is 0 Å². The van der Waals surface area contributed by atoms with E-state index in [2.05, 4.69) is 5.32 Å². The number of carbonyl (C=O) groups excluding carboxylic acids is 1. The van der Waals surface area contributed by atoms with Crippen molar-refractivity contribution in [2.45, 2.75) is 31.9 Å². The molecule has 0 spiro atoms. The Balaban J connectivity index is 2.27. The SMILES string of the molecule is CC(CF)NC(=O)[C@H]1CCCO1. The predicted molar refractivity (Wildman–Crippen MR) is 42.6 cm³/mol. The molecule has 1 amide bonds. The van der Waals surface area contributed by atoms with E-state index >= 15 is 0 Å². The molecular formula is C8H14FNO2. The second kappa shape index (κ2) is 4.40. The summed E-state index contributed by atoms with van der Waals surface area (Å²) in [6.07, 6.45) is 1.33. The Morgan fingerprint density at radius 1 is 1.83 bits per heavy atom. The van der Waals surface area contributed by atoms with Crippen molar-refractivity contribution in [3.05, 3.63) is 0 Å². The average Bonchev–Trinajstić information content (AvgIpc) is 2.56. The lowest BCUT2D eigenvalue weighted by molar-refractivity contribution is -0.130. The minimum atomic E-state index is -0.529. The maximum absolute atomic E-state index is 12.0. The van der Waals surface area contributed by atoms with Crippen LogP contribution in [0.5, 0.6) is 0 Å². The van der Waals surface area contributed by atoms with Gasteiger partial charge in [-0.05, 0) is 19.8 Å². The van der Waals surface area contributed by atoms with Crippen molar-refractivity contribution in [2.24, 2.45) is 0 Å². The van der Waals surface area contributed by atoms with Gasteiger partial charge in [0.2, 0.25) is 5.91 Å². The zero-order valence-corrected chi connectivity index (χ0v) is 7.18. The van der Waals surface area contributed by atoms with Crippen LogP contribution in [0.4, 0.5) is 4.39 Å². The number of amides is 1. The first-order valence-corrected chi connectivity index (χ1v) is 4.22. The van der Waals surface area contributed by atoms with Crippen LogP contribution in [0.15, 0.2) is 0 Å². The molecule has 1 aliphatic heterocycles. The standard InChI is InChI=1S/C8H14FNO2/c1-6(5-9)10-8(11)7-3-2-4-12-7/h6-7H,2-5H2,1H3,(H,10,11)/t6?,7-/m1/s1. The molecule has 0 aromatic heterocycles. The summed E-state index contributed by atoms with van der Waals surface area (Å²) >= 11 is 0. The van der Waals surface area contributed by atoms with Crippen LogP contribution in [0.3, 0.4) is 0 Å². The number of rotatable bonds is 3. The molecule has 1 fully saturated rings. The Labute approximate surface area is 71.3 Å².